The summed E-state index contributed by atoms with van der Waals surface area (Å²) in [5, 5.41) is 7.95. The maximum atomic E-state index is 12.4. The topological polar surface area (TPSA) is 93.9 Å². The summed E-state index contributed by atoms with van der Waals surface area (Å²) in [4.78, 5) is 16.8. The van der Waals surface area contributed by atoms with Gasteiger partial charge in [0, 0.05) is 24.3 Å². The highest BCUT2D eigenvalue weighted by Gasteiger charge is 2.12. The van der Waals surface area contributed by atoms with E-state index in [4.69, 9.17) is 0 Å². The van der Waals surface area contributed by atoms with E-state index in [2.05, 4.69) is 15.4 Å². The number of carbonyl (C=O) groups is 1. The Morgan fingerprint density at radius 1 is 1.28 bits per heavy atom. The predicted molar refractivity (Wildman–Crippen MR) is 96.2 cm³/mol. The third-order valence-electron chi connectivity index (χ3n) is 3.74. The summed E-state index contributed by atoms with van der Waals surface area (Å²) >= 11 is 0. The first-order valence-electron chi connectivity index (χ1n) is 7.60. The van der Waals surface area contributed by atoms with Gasteiger partial charge < -0.3 is 5.32 Å². The molecule has 0 atom stereocenters. The first kappa shape index (κ1) is 17.1. The van der Waals surface area contributed by atoms with Crippen molar-refractivity contribution in [1.82, 2.24) is 14.8 Å². The van der Waals surface area contributed by atoms with E-state index < -0.39 is 9.84 Å². The normalized spacial score (nSPS) is 11.6. The van der Waals surface area contributed by atoms with Crippen LogP contribution in [0.1, 0.15) is 21.6 Å². The van der Waals surface area contributed by atoms with Gasteiger partial charge in [-0.3, -0.25) is 9.48 Å². The van der Waals surface area contributed by atoms with Gasteiger partial charge in [0.25, 0.3) is 5.91 Å². The van der Waals surface area contributed by atoms with Crippen molar-refractivity contribution in [3.8, 4) is 0 Å². The molecule has 0 unspecified atom stereocenters. The van der Waals surface area contributed by atoms with Gasteiger partial charge in [-0.05, 0) is 30.7 Å². The maximum absolute atomic E-state index is 12.4. The number of fused-ring (bicyclic) bond motifs is 1. The summed E-state index contributed by atoms with van der Waals surface area (Å²) in [5.41, 5.74) is 3.10. The second kappa shape index (κ2) is 6.29. The molecule has 0 spiro atoms. The fraction of sp³-hybridized carbons (Fsp3) is 0.235. The van der Waals surface area contributed by atoms with Crippen molar-refractivity contribution in [3.05, 3.63) is 53.3 Å². The molecule has 130 valence electrons. The number of amides is 1. The van der Waals surface area contributed by atoms with E-state index in [1.165, 1.54) is 0 Å². The number of aryl methyl sites for hydroxylation is 2. The van der Waals surface area contributed by atoms with Crippen LogP contribution < -0.4 is 5.32 Å². The Labute approximate surface area is 145 Å². The van der Waals surface area contributed by atoms with Gasteiger partial charge in [0.1, 0.15) is 0 Å². The Balaban J connectivity index is 1.85. The number of nitrogens with zero attached hydrogens (tertiary/aromatic N) is 3. The van der Waals surface area contributed by atoms with Crippen LogP contribution in [0.15, 0.2) is 36.5 Å². The van der Waals surface area contributed by atoms with E-state index in [0.29, 0.717) is 16.8 Å². The molecule has 8 heteroatoms. The number of rotatable bonds is 4. The lowest BCUT2D eigenvalue weighted by Crippen LogP contribution is -2.13. The number of hydrogen-bond acceptors (Lipinski definition) is 5. The van der Waals surface area contributed by atoms with Crippen molar-refractivity contribution in [1.29, 1.82) is 0 Å². The van der Waals surface area contributed by atoms with Crippen LogP contribution in [0, 0.1) is 6.92 Å². The Hall–Kier alpha value is -2.74. The quantitative estimate of drug-likeness (QED) is 0.770. The number of anilines is 1. The van der Waals surface area contributed by atoms with Crippen LogP contribution in [-0.2, 0) is 22.6 Å². The smallest absolute Gasteiger partial charge is 0.255 e. The molecule has 3 rings (SSSR count). The van der Waals surface area contributed by atoms with Crippen molar-refractivity contribution in [2.24, 2.45) is 7.05 Å². The molecule has 0 aliphatic rings. The molecule has 1 N–H and O–H groups in total. The minimum Gasteiger partial charge on any atom is -0.321 e. The fourth-order valence-electron chi connectivity index (χ4n) is 2.68. The predicted octanol–water partition coefficient (Wildman–Crippen LogP) is 2.07. The molecule has 2 heterocycles. The molecular formula is C17H18N4O3S. The van der Waals surface area contributed by atoms with Crippen molar-refractivity contribution in [2.75, 3.05) is 11.6 Å². The Kier molecular flexibility index (Phi) is 4.30. The first-order chi connectivity index (χ1) is 11.7. The van der Waals surface area contributed by atoms with Gasteiger partial charge in [0.05, 0.1) is 23.3 Å². The van der Waals surface area contributed by atoms with Gasteiger partial charge in [-0.25, -0.2) is 13.4 Å². The minimum absolute atomic E-state index is 0.101. The lowest BCUT2D eigenvalue weighted by Gasteiger charge is -2.07. The third-order valence-corrected chi connectivity index (χ3v) is 4.60. The second-order valence-corrected chi connectivity index (χ2v) is 8.17. The molecule has 2 aromatic heterocycles. The van der Waals surface area contributed by atoms with Crippen LogP contribution in [0.25, 0.3) is 11.0 Å². The van der Waals surface area contributed by atoms with E-state index in [0.717, 1.165) is 23.0 Å². The van der Waals surface area contributed by atoms with Crippen molar-refractivity contribution in [2.45, 2.75) is 12.7 Å². The summed E-state index contributed by atoms with van der Waals surface area (Å²) in [6.07, 6.45) is 2.73. The van der Waals surface area contributed by atoms with E-state index >= 15 is 0 Å². The summed E-state index contributed by atoms with van der Waals surface area (Å²) in [6.45, 7) is 1.88. The maximum Gasteiger partial charge on any atom is 0.255 e. The molecule has 7 nitrogen and oxygen atoms in total. The molecular weight excluding hydrogens is 340 g/mol. The monoisotopic (exact) mass is 358 g/mol. The van der Waals surface area contributed by atoms with Crippen LogP contribution in [0.4, 0.5) is 5.69 Å². The lowest BCUT2D eigenvalue weighted by atomic mass is 10.1. The number of pyridine rings is 1. The summed E-state index contributed by atoms with van der Waals surface area (Å²) in [7, 11) is -1.34. The highest BCUT2D eigenvalue weighted by Crippen LogP contribution is 2.20. The number of hydrogen-bond donors (Lipinski definition) is 1. The molecule has 0 radical (unpaired) electrons. The van der Waals surface area contributed by atoms with E-state index in [9.17, 15) is 13.2 Å². The highest BCUT2D eigenvalue weighted by atomic mass is 32.2. The van der Waals surface area contributed by atoms with Gasteiger partial charge in [-0.2, -0.15) is 5.10 Å². The highest BCUT2D eigenvalue weighted by molar-refractivity contribution is 7.89. The molecule has 0 saturated carbocycles. The molecule has 0 aliphatic carbocycles. The van der Waals surface area contributed by atoms with Gasteiger partial charge in [-0.1, -0.05) is 12.1 Å². The number of benzene rings is 1. The van der Waals surface area contributed by atoms with E-state index in [1.54, 1.807) is 35.1 Å². The lowest BCUT2D eigenvalue weighted by molar-refractivity contribution is 0.102. The van der Waals surface area contributed by atoms with Crippen LogP contribution in [0.2, 0.25) is 0 Å². The Morgan fingerprint density at radius 2 is 2.04 bits per heavy atom. The number of nitrogens with one attached hydrogen (secondary N) is 1. The van der Waals surface area contributed by atoms with Gasteiger partial charge in [0.15, 0.2) is 15.5 Å². The van der Waals surface area contributed by atoms with Crippen LogP contribution >= 0.6 is 0 Å². The molecule has 25 heavy (non-hydrogen) atoms. The number of carbonyl (C=O) groups excluding carboxylic acids is 1. The molecule has 3 aromatic rings. The van der Waals surface area contributed by atoms with E-state index in [1.807, 2.05) is 20.0 Å². The molecule has 0 bridgehead atoms. The van der Waals surface area contributed by atoms with Gasteiger partial charge >= 0.3 is 0 Å². The second-order valence-electron chi connectivity index (χ2n) is 6.03. The summed E-state index contributed by atoms with van der Waals surface area (Å²) < 4.78 is 24.5. The van der Waals surface area contributed by atoms with Crippen molar-refractivity contribution < 1.29 is 13.2 Å². The first-order valence-corrected chi connectivity index (χ1v) is 9.66. The van der Waals surface area contributed by atoms with Gasteiger partial charge in [0.2, 0.25) is 0 Å². The molecule has 0 saturated heterocycles. The Bertz CT molecular complexity index is 1070. The zero-order valence-electron chi connectivity index (χ0n) is 14.1. The Morgan fingerprint density at radius 3 is 2.76 bits per heavy atom. The van der Waals surface area contributed by atoms with E-state index in [-0.39, 0.29) is 11.7 Å². The van der Waals surface area contributed by atoms with Crippen LogP contribution in [-0.4, -0.2) is 35.3 Å². The SMILES string of the molecule is Cc1nn(C)c2ncc(NC(=O)c3cccc(CS(C)(=O)=O)c3)cc12. The fourth-order valence-corrected chi connectivity index (χ4v) is 3.47. The average molecular weight is 358 g/mol. The third kappa shape index (κ3) is 3.85. The zero-order valence-corrected chi connectivity index (χ0v) is 15.0. The number of sulfone groups is 1. The van der Waals surface area contributed by atoms with Crippen molar-refractivity contribution in [3.63, 3.8) is 0 Å². The largest absolute Gasteiger partial charge is 0.321 e. The minimum atomic E-state index is -3.16. The molecule has 1 aromatic carbocycles. The number of aromatic nitrogens is 3. The van der Waals surface area contributed by atoms with Gasteiger partial charge in [-0.15, -0.1) is 0 Å². The molecule has 1 amide bonds. The van der Waals surface area contributed by atoms with Crippen LogP contribution in [0.3, 0.4) is 0 Å². The summed E-state index contributed by atoms with van der Waals surface area (Å²) in [5.74, 6) is -0.422. The summed E-state index contributed by atoms with van der Waals surface area (Å²) in [6, 6.07) is 8.40. The zero-order chi connectivity index (χ0) is 18.2. The van der Waals surface area contributed by atoms with Crippen LogP contribution in [0.5, 0.6) is 0 Å². The standard InChI is InChI=1S/C17H18N4O3S/c1-11-15-8-14(9-18-16(15)21(2)20-11)19-17(22)13-6-4-5-12(7-13)10-25(3,23)24/h4-9H,10H2,1-3H3,(H,19,22). The molecule has 0 aliphatic heterocycles. The van der Waals surface area contributed by atoms with Crippen molar-refractivity contribution >= 4 is 32.5 Å². The average Bonchev–Trinajstić information content (AvgIpc) is 2.80. The molecule has 0 fully saturated rings.